The third kappa shape index (κ3) is 3.07. The van der Waals surface area contributed by atoms with E-state index in [1.54, 1.807) is 24.3 Å². The molecule has 0 aromatic heterocycles. The first-order valence-corrected chi connectivity index (χ1v) is 11.9. The van der Waals surface area contributed by atoms with Gasteiger partial charge in [0.05, 0.1) is 11.8 Å². The fourth-order valence-electron chi connectivity index (χ4n) is 6.09. The Kier molecular flexibility index (Phi) is 4.61. The number of rotatable bonds is 5. The predicted octanol–water partition coefficient (Wildman–Crippen LogP) is 4.02. The minimum absolute atomic E-state index is 0.122. The normalized spacial score (nSPS) is 32.5. The smallest absolute Gasteiger partial charge is 0.335 e. The first-order chi connectivity index (χ1) is 15.5. The molecular weight excluding hydrogens is 470 g/mol. The number of amides is 2. The lowest BCUT2D eigenvalue weighted by Crippen LogP contribution is -2.48. The summed E-state index contributed by atoms with van der Waals surface area (Å²) in [5.74, 6) is -0.00218. The van der Waals surface area contributed by atoms with Gasteiger partial charge in [-0.15, -0.1) is 0 Å². The van der Waals surface area contributed by atoms with E-state index < -0.39 is 12.0 Å². The van der Waals surface area contributed by atoms with Gasteiger partial charge < -0.3 is 4.74 Å². The predicted molar refractivity (Wildman–Crippen MR) is 120 cm³/mol. The average Bonchev–Trinajstić information content (AvgIpc) is 3.58. The van der Waals surface area contributed by atoms with Crippen molar-refractivity contribution < 1.29 is 19.1 Å². The summed E-state index contributed by atoms with van der Waals surface area (Å²) in [5, 5.41) is 0. The number of ether oxygens (including phenoxy) is 1. The standard InChI is InChI=1S/C26H22BrNO4/c27-15-6-8-16(9-7-15)32-26(31)21(12-14-4-2-1-3-5-14)28-24(29)22-17-10-11-18(20-13-19(17)20)23(22)25(28)30/h1-11,17-23H,12-13H2/t17-,18-,19-,20-,21-,22+,23+/m0/s1. The van der Waals surface area contributed by atoms with Gasteiger partial charge in [0.1, 0.15) is 11.8 Å². The van der Waals surface area contributed by atoms with Crippen LogP contribution in [0.4, 0.5) is 0 Å². The van der Waals surface area contributed by atoms with Crippen LogP contribution in [0.5, 0.6) is 5.75 Å². The summed E-state index contributed by atoms with van der Waals surface area (Å²) in [4.78, 5) is 41.8. The summed E-state index contributed by atoms with van der Waals surface area (Å²) in [7, 11) is 0. The number of hydrogen-bond donors (Lipinski definition) is 0. The molecule has 1 saturated heterocycles. The zero-order chi connectivity index (χ0) is 22.0. The Balaban J connectivity index is 1.33. The molecule has 4 aliphatic carbocycles. The number of halogens is 1. The number of carbonyl (C=O) groups excluding carboxylic acids is 3. The monoisotopic (exact) mass is 491 g/mol. The van der Waals surface area contributed by atoms with Crippen molar-refractivity contribution >= 4 is 33.7 Å². The minimum atomic E-state index is -0.984. The number of allylic oxidation sites excluding steroid dienone is 2. The average molecular weight is 492 g/mol. The van der Waals surface area contributed by atoms with Crippen molar-refractivity contribution in [3.8, 4) is 5.75 Å². The number of likely N-dealkylation sites (tertiary alicyclic amines) is 1. The third-order valence-corrected chi connectivity index (χ3v) is 8.11. The van der Waals surface area contributed by atoms with E-state index in [1.807, 2.05) is 30.3 Å². The highest BCUT2D eigenvalue weighted by Gasteiger charge is 2.68. The summed E-state index contributed by atoms with van der Waals surface area (Å²) in [6.45, 7) is 0. The van der Waals surface area contributed by atoms with Gasteiger partial charge in [-0.05, 0) is 59.9 Å². The first-order valence-electron chi connectivity index (χ1n) is 11.1. The second-order valence-corrected chi connectivity index (χ2v) is 10.2. The molecule has 162 valence electrons. The minimum Gasteiger partial charge on any atom is -0.425 e. The molecule has 1 heterocycles. The Labute approximate surface area is 194 Å². The molecule has 32 heavy (non-hydrogen) atoms. The number of hydrogen-bond acceptors (Lipinski definition) is 4. The fraction of sp³-hybridized carbons (Fsp3) is 0.346. The van der Waals surface area contributed by atoms with E-state index >= 15 is 0 Å². The fourth-order valence-corrected chi connectivity index (χ4v) is 6.36. The zero-order valence-corrected chi connectivity index (χ0v) is 18.9. The van der Waals surface area contributed by atoms with Crippen molar-refractivity contribution in [1.29, 1.82) is 0 Å². The Bertz CT molecular complexity index is 1090. The Morgan fingerprint density at radius 2 is 1.53 bits per heavy atom. The molecule has 7 rings (SSSR count). The van der Waals surface area contributed by atoms with E-state index in [0.717, 1.165) is 16.5 Å². The van der Waals surface area contributed by atoms with Gasteiger partial charge in [-0.25, -0.2) is 4.79 Å². The Morgan fingerprint density at radius 1 is 0.938 bits per heavy atom. The molecule has 2 amide bonds. The zero-order valence-electron chi connectivity index (χ0n) is 17.3. The van der Waals surface area contributed by atoms with Gasteiger partial charge in [0, 0.05) is 10.9 Å². The van der Waals surface area contributed by atoms with Gasteiger partial charge >= 0.3 is 5.97 Å². The van der Waals surface area contributed by atoms with E-state index in [9.17, 15) is 14.4 Å². The van der Waals surface area contributed by atoms with Crippen molar-refractivity contribution in [3.63, 3.8) is 0 Å². The molecule has 1 aliphatic heterocycles. The summed E-state index contributed by atoms with van der Waals surface area (Å²) in [5.41, 5.74) is 0.879. The van der Waals surface area contributed by atoms with Gasteiger partial charge in [0.25, 0.3) is 0 Å². The second-order valence-electron chi connectivity index (χ2n) is 9.28. The van der Waals surface area contributed by atoms with Crippen LogP contribution in [-0.4, -0.2) is 28.7 Å². The highest BCUT2D eigenvalue weighted by Crippen LogP contribution is 2.65. The highest BCUT2D eigenvalue weighted by atomic mass is 79.9. The van der Waals surface area contributed by atoms with E-state index in [4.69, 9.17) is 4.74 Å². The van der Waals surface area contributed by atoms with Crippen LogP contribution in [0.15, 0.2) is 71.2 Å². The lowest BCUT2D eigenvalue weighted by atomic mass is 9.63. The number of carbonyl (C=O) groups is 3. The van der Waals surface area contributed by atoms with Crippen LogP contribution >= 0.6 is 15.9 Å². The maximum atomic E-state index is 13.6. The molecule has 2 aromatic rings. The molecule has 0 unspecified atom stereocenters. The van der Waals surface area contributed by atoms with E-state index in [0.29, 0.717) is 17.6 Å². The van der Waals surface area contributed by atoms with Crippen LogP contribution in [0, 0.1) is 35.5 Å². The van der Waals surface area contributed by atoms with Crippen LogP contribution in [0.25, 0.3) is 0 Å². The van der Waals surface area contributed by atoms with Crippen molar-refractivity contribution in [2.75, 3.05) is 0 Å². The van der Waals surface area contributed by atoms with Crippen LogP contribution in [0.1, 0.15) is 12.0 Å². The molecule has 6 heteroatoms. The Morgan fingerprint density at radius 3 is 2.12 bits per heavy atom. The third-order valence-electron chi connectivity index (χ3n) is 7.58. The molecule has 0 radical (unpaired) electrons. The topological polar surface area (TPSA) is 63.7 Å². The van der Waals surface area contributed by atoms with Crippen LogP contribution in [0.3, 0.4) is 0 Å². The maximum absolute atomic E-state index is 13.6. The van der Waals surface area contributed by atoms with Gasteiger partial charge in [-0.2, -0.15) is 0 Å². The lowest BCUT2D eigenvalue weighted by molar-refractivity contribution is -0.153. The molecule has 0 N–H and O–H groups in total. The second kappa shape index (κ2) is 7.41. The lowest BCUT2D eigenvalue weighted by Gasteiger charge is -2.37. The first kappa shape index (κ1) is 19.9. The van der Waals surface area contributed by atoms with Crippen LogP contribution in [0.2, 0.25) is 0 Å². The molecule has 2 bridgehead atoms. The van der Waals surface area contributed by atoms with Gasteiger partial charge in [0.2, 0.25) is 11.8 Å². The van der Waals surface area contributed by atoms with Crippen molar-refractivity contribution in [1.82, 2.24) is 4.90 Å². The van der Waals surface area contributed by atoms with Crippen molar-refractivity contribution in [2.24, 2.45) is 35.5 Å². The quantitative estimate of drug-likeness (QED) is 0.274. The van der Waals surface area contributed by atoms with Crippen molar-refractivity contribution in [3.05, 3.63) is 76.8 Å². The molecule has 5 aliphatic rings. The molecule has 3 fully saturated rings. The number of benzene rings is 2. The molecule has 5 nitrogen and oxygen atoms in total. The largest absolute Gasteiger partial charge is 0.425 e. The molecule has 2 saturated carbocycles. The van der Waals surface area contributed by atoms with Crippen LogP contribution < -0.4 is 4.74 Å². The summed E-state index contributed by atoms with van der Waals surface area (Å²) < 4.78 is 6.51. The molecule has 7 atom stereocenters. The molecular formula is C26H22BrNO4. The van der Waals surface area contributed by atoms with Gasteiger partial charge in [-0.1, -0.05) is 58.4 Å². The van der Waals surface area contributed by atoms with Gasteiger partial charge in [0.15, 0.2) is 0 Å². The van der Waals surface area contributed by atoms with E-state index in [1.165, 1.54) is 4.90 Å². The SMILES string of the molecule is O=C(Oc1ccc(Br)cc1)[C@H](Cc1ccccc1)N1C(=O)[C@@H]2[C@H]3C=C[C@@H]([C@@H]4C[C@@H]34)[C@H]2C1=O. The summed E-state index contributed by atoms with van der Waals surface area (Å²) in [6, 6.07) is 15.4. The molecule has 2 aromatic carbocycles. The van der Waals surface area contributed by atoms with E-state index in [-0.39, 0.29) is 41.9 Å². The Hall–Kier alpha value is -2.73. The maximum Gasteiger partial charge on any atom is 0.335 e. The summed E-state index contributed by atoms with van der Waals surface area (Å²) in [6.07, 6.45) is 5.62. The van der Waals surface area contributed by atoms with Crippen molar-refractivity contribution in [2.45, 2.75) is 18.9 Å². The van der Waals surface area contributed by atoms with Crippen LogP contribution in [-0.2, 0) is 20.8 Å². The number of nitrogens with zero attached hydrogens (tertiary/aromatic N) is 1. The highest BCUT2D eigenvalue weighted by molar-refractivity contribution is 9.10. The number of esters is 1. The van der Waals surface area contributed by atoms with E-state index in [2.05, 4.69) is 28.1 Å². The molecule has 0 spiro atoms. The van der Waals surface area contributed by atoms with Gasteiger partial charge in [-0.3, -0.25) is 14.5 Å². The summed E-state index contributed by atoms with van der Waals surface area (Å²) >= 11 is 3.37. The number of imide groups is 1.